The molecule has 3 nitrogen and oxygen atoms in total. The standard InChI is InChI=1S/C34H31N3P/c1-26(30-20-13-23-33(30)38(28-16-7-3-8-17-28)29-18-9-4-10-19-29)35-24-34-36-31-21-11-12-22-32(31)37(34)25-27-14-5-2-6-15-27/h2-23,26,35H,24-25H2,1H3/q-1/t26-/m0/s1. The van der Waals surface area contributed by atoms with Crippen molar-refractivity contribution >= 4 is 34.9 Å². The topological polar surface area (TPSA) is 29.9 Å². The number of nitrogens with one attached hydrogen (secondary N) is 1. The maximum atomic E-state index is 5.02. The number of benzene rings is 4. The molecule has 0 spiro atoms. The molecule has 0 saturated heterocycles. The van der Waals surface area contributed by atoms with Gasteiger partial charge in [-0.1, -0.05) is 110 Å². The van der Waals surface area contributed by atoms with Crippen molar-refractivity contribution in [1.82, 2.24) is 14.9 Å². The van der Waals surface area contributed by atoms with Gasteiger partial charge in [-0.2, -0.15) is 6.07 Å². The fourth-order valence-corrected chi connectivity index (χ4v) is 7.69. The third-order valence-corrected chi connectivity index (χ3v) is 9.56. The lowest BCUT2D eigenvalue weighted by Gasteiger charge is -2.28. The molecule has 1 aromatic heterocycles. The molecular weight excluding hydrogens is 481 g/mol. The average Bonchev–Trinajstić information content (AvgIpc) is 3.59. The largest absolute Gasteiger partial charge is 0.322 e. The molecule has 4 heteroatoms. The van der Waals surface area contributed by atoms with Gasteiger partial charge in [0.25, 0.3) is 0 Å². The fraction of sp³-hybridized carbons (Fsp3) is 0.118. The van der Waals surface area contributed by atoms with Gasteiger partial charge < -0.3 is 9.88 Å². The normalized spacial score (nSPS) is 12.3. The Bertz CT molecular complexity index is 1560. The quantitative estimate of drug-likeness (QED) is 0.179. The Morgan fingerprint density at radius 1 is 0.737 bits per heavy atom. The fourth-order valence-electron chi connectivity index (χ4n) is 5.13. The van der Waals surface area contributed by atoms with Crippen molar-refractivity contribution < 1.29 is 0 Å². The predicted octanol–water partition coefficient (Wildman–Crippen LogP) is 6.41. The highest BCUT2D eigenvalue weighted by atomic mass is 31.1. The third-order valence-electron chi connectivity index (χ3n) is 7.05. The summed E-state index contributed by atoms with van der Waals surface area (Å²) in [6.07, 6.45) is 0. The molecular formula is C34H31N3P-. The van der Waals surface area contributed by atoms with E-state index in [2.05, 4.69) is 150 Å². The minimum Gasteiger partial charge on any atom is -0.322 e. The molecule has 0 aliphatic heterocycles. The van der Waals surface area contributed by atoms with Gasteiger partial charge in [-0.3, -0.25) is 0 Å². The van der Waals surface area contributed by atoms with Crippen LogP contribution in [0.4, 0.5) is 0 Å². The van der Waals surface area contributed by atoms with Gasteiger partial charge in [0.05, 0.1) is 17.6 Å². The van der Waals surface area contributed by atoms with E-state index in [1.807, 2.05) is 0 Å². The van der Waals surface area contributed by atoms with E-state index in [1.54, 1.807) is 0 Å². The third kappa shape index (κ3) is 5.09. The van der Waals surface area contributed by atoms with E-state index >= 15 is 0 Å². The van der Waals surface area contributed by atoms with Gasteiger partial charge in [0.15, 0.2) is 0 Å². The number of hydrogen-bond acceptors (Lipinski definition) is 2. The average molecular weight is 513 g/mol. The van der Waals surface area contributed by atoms with Crippen LogP contribution in [-0.4, -0.2) is 9.55 Å². The Morgan fingerprint density at radius 3 is 2.03 bits per heavy atom. The first kappa shape index (κ1) is 24.4. The second-order valence-corrected chi connectivity index (χ2v) is 11.7. The van der Waals surface area contributed by atoms with Crippen LogP contribution < -0.4 is 21.2 Å². The van der Waals surface area contributed by atoms with Crippen molar-refractivity contribution in [1.29, 1.82) is 0 Å². The lowest BCUT2D eigenvalue weighted by Crippen LogP contribution is -2.27. The van der Waals surface area contributed by atoms with Gasteiger partial charge in [-0.15, -0.1) is 10.9 Å². The molecule has 0 fully saturated rings. The number of imidazole rings is 1. The minimum atomic E-state index is -0.644. The van der Waals surface area contributed by atoms with E-state index in [0.717, 1.165) is 17.9 Å². The summed E-state index contributed by atoms with van der Waals surface area (Å²) in [6, 6.07) is 47.9. The summed E-state index contributed by atoms with van der Waals surface area (Å²) in [5.41, 5.74) is 4.85. The van der Waals surface area contributed by atoms with Crippen molar-refractivity contribution in [3.8, 4) is 0 Å². The van der Waals surface area contributed by atoms with E-state index in [1.165, 1.54) is 32.6 Å². The van der Waals surface area contributed by atoms with Crippen molar-refractivity contribution in [2.75, 3.05) is 0 Å². The molecule has 0 amide bonds. The van der Waals surface area contributed by atoms with Crippen LogP contribution in [0.15, 0.2) is 133 Å². The van der Waals surface area contributed by atoms with Gasteiger partial charge in [0, 0.05) is 6.54 Å². The Balaban J connectivity index is 1.29. The van der Waals surface area contributed by atoms with E-state index in [4.69, 9.17) is 4.98 Å². The summed E-state index contributed by atoms with van der Waals surface area (Å²) < 4.78 is 2.34. The van der Waals surface area contributed by atoms with Crippen LogP contribution in [0.1, 0.15) is 29.9 Å². The summed E-state index contributed by atoms with van der Waals surface area (Å²) in [4.78, 5) is 5.02. The van der Waals surface area contributed by atoms with Crippen molar-refractivity contribution in [2.24, 2.45) is 0 Å². The van der Waals surface area contributed by atoms with Gasteiger partial charge in [0.2, 0.25) is 0 Å². The first-order valence-electron chi connectivity index (χ1n) is 13.2. The highest BCUT2D eigenvalue weighted by molar-refractivity contribution is 7.79. The van der Waals surface area contributed by atoms with Crippen LogP contribution in [0.2, 0.25) is 0 Å². The molecule has 0 aliphatic rings. The highest BCUT2D eigenvalue weighted by Crippen LogP contribution is 2.36. The SMILES string of the molecule is C[C@H](NCc1nc2ccccc2n1Cc1ccccc1)[c-]1cccc1P(c1ccccc1)c1ccccc1. The molecule has 1 atom stereocenters. The lowest BCUT2D eigenvalue weighted by atomic mass is 10.2. The Kier molecular flexibility index (Phi) is 7.22. The molecule has 0 radical (unpaired) electrons. The zero-order valence-corrected chi connectivity index (χ0v) is 22.4. The summed E-state index contributed by atoms with van der Waals surface area (Å²) in [5, 5.41) is 7.97. The number of rotatable bonds is 9. The molecule has 0 aliphatic carbocycles. The second-order valence-electron chi connectivity index (χ2n) is 9.56. The van der Waals surface area contributed by atoms with E-state index < -0.39 is 7.92 Å². The van der Waals surface area contributed by atoms with Crippen LogP contribution in [0.5, 0.6) is 0 Å². The maximum Gasteiger partial charge on any atom is 0.124 e. The monoisotopic (exact) mass is 512 g/mol. The van der Waals surface area contributed by atoms with Crippen LogP contribution in [-0.2, 0) is 13.1 Å². The lowest BCUT2D eigenvalue weighted by molar-refractivity contribution is 0.548. The molecule has 6 aromatic rings. The number of para-hydroxylation sites is 2. The smallest absolute Gasteiger partial charge is 0.124 e. The summed E-state index contributed by atoms with van der Waals surface area (Å²) in [5.74, 6) is 1.06. The van der Waals surface area contributed by atoms with Gasteiger partial charge >= 0.3 is 0 Å². The van der Waals surface area contributed by atoms with Crippen molar-refractivity contribution in [2.45, 2.75) is 26.1 Å². The van der Waals surface area contributed by atoms with E-state index in [0.29, 0.717) is 6.54 Å². The molecule has 1 N–H and O–H groups in total. The number of aromatic nitrogens is 2. The molecule has 188 valence electrons. The summed E-state index contributed by atoms with van der Waals surface area (Å²) in [7, 11) is -0.644. The van der Waals surface area contributed by atoms with Crippen LogP contribution >= 0.6 is 7.92 Å². The molecule has 1 heterocycles. The zero-order valence-electron chi connectivity index (χ0n) is 21.5. The summed E-state index contributed by atoms with van der Waals surface area (Å²) in [6.45, 7) is 3.77. The number of fused-ring (bicyclic) bond motifs is 1. The van der Waals surface area contributed by atoms with Crippen LogP contribution in [0, 0.1) is 0 Å². The van der Waals surface area contributed by atoms with E-state index in [-0.39, 0.29) is 6.04 Å². The molecule has 6 rings (SSSR count). The number of hydrogen-bond donors (Lipinski definition) is 1. The molecule has 38 heavy (non-hydrogen) atoms. The van der Waals surface area contributed by atoms with Gasteiger partial charge in [-0.05, 0) is 42.3 Å². The molecule has 5 aromatic carbocycles. The Morgan fingerprint density at radius 2 is 1.34 bits per heavy atom. The van der Waals surface area contributed by atoms with Crippen LogP contribution in [0.25, 0.3) is 11.0 Å². The molecule has 0 bridgehead atoms. The maximum absolute atomic E-state index is 5.02. The number of nitrogens with zero attached hydrogens (tertiary/aromatic N) is 2. The Hall–Kier alpha value is -3.91. The van der Waals surface area contributed by atoms with Crippen molar-refractivity contribution in [3.63, 3.8) is 0 Å². The van der Waals surface area contributed by atoms with Gasteiger partial charge in [-0.25, -0.2) is 17.1 Å². The molecule has 0 saturated carbocycles. The second kappa shape index (κ2) is 11.2. The highest BCUT2D eigenvalue weighted by Gasteiger charge is 2.18. The van der Waals surface area contributed by atoms with Crippen LogP contribution in [0.3, 0.4) is 0 Å². The first-order valence-corrected chi connectivity index (χ1v) is 14.5. The predicted molar refractivity (Wildman–Crippen MR) is 161 cm³/mol. The van der Waals surface area contributed by atoms with Crippen molar-refractivity contribution in [3.05, 3.63) is 150 Å². The van der Waals surface area contributed by atoms with E-state index in [9.17, 15) is 0 Å². The summed E-state index contributed by atoms with van der Waals surface area (Å²) >= 11 is 0. The minimum absolute atomic E-state index is 0.183. The first-order chi connectivity index (χ1) is 18.8. The van der Waals surface area contributed by atoms with Gasteiger partial charge in [0.1, 0.15) is 5.82 Å². The molecule has 0 unspecified atom stereocenters. The zero-order chi connectivity index (χ0) is 25.7. The Labute approximate surface area is 225 Å².